The van der Waals surface area contributed by atoms with Gasteiger partial charge in [0.05, 0.1) is 0 Å². The predicted octanol–water partition coefficient (Wildman–Crippen LogP) is 0.620. The smallest absolute Gasteiger partial charge is 0.158 e. The number of hydrogen-bond donors (Lipinski definition) is 1. The normalized spacial score (nSPS) is 36.3. The molecule has 0 bridgehead atoms. The molecule has 1 fully saturated rings. The van der Waals surface area contributed by atoms with Gasteiger partial charge >= 0.3 is 0 Å². The van der Waals surface area contributed by atoms with Crippen molar-refractivity contribution in [2.45, 2.75) is 32.2 Å². The number of hydrogen-bond acceptors (Lipinski definition) is 3. The first-order valence-electron chi connectivity index (χ1n) is 4.19. The molecule has 3 nitrogen and oxygen atoms in total. The van der Waals surface area contributed by atoms with Crippen LogP contribution in [-0.4, -0.2) is 37.5 Å². The van der Waals surface area contributed by atoms with E-state index in [2.05, 4.69) is 24.1 Å². The van der Waals surface area contributed by atoms with Gasteiger partial charge in [-0.25, -0.2) is 0 Å². The minimum Gasteiger partial charge on any atom is -0.334 e. The summed E-state index contributed by atoms with van der Waals surface area (Å²) in [5, 5.41) is 3.35. The maximum atomic E-state index is 5.48. The molecule has 0 spiro atoms. The van der Waals surface area contributed by atoms with E-state index in [0.717, 1.165) is 13.0 Å². The lowest BCUT2D eigenvalue weighted by Gasteiger charge is -2.11. The Kier molecular flexibility index (Phi) is 2.52. The summed E-state index contributed by atoms with van der Waals surface area (Å²) in [5.41, 5.74) is -0.0838. The molecule has 1 aliphatic heterocycles. The van der Waals surface area contributed by atoms with Crippen LogP contribution in [0.5, 0.6) is 0 Å². The van der Waals surface area contributed by atoms with E-state index in [-0.39, 0.29) is 12.0 Å². The molecule has 1 aliphatic rings. The van der Waals surface area contributed by atoms with Crippen molar-refractivity contribution < 1.29 is 4.74 Å². The molecule has 0 aromatic rings. The molecule has 2 atom stereocenters. The molecular formula is C8H18N2O. The van der Waals surface area contributed by atoms with Crippen molar-refractivity contribution >= 4 is 0 Å². The number of nitrogens with one attached hydrogen (secondary N) is 1. The Labute approximate surface area is 68.7 Å². The topological polar surface area (TPSA) is 27.8 Å². The molecule has 0 aliphatic carbocycles. The lowest BCUT2D eigenvalue weighted by Crippen LogP contribution is -2.36. The molecule has 1 heterocycles. The summed E-state index contributed by atoms with van der Waals surface area (Å²) in [7, 11) is 4.06. The molecule has 0 amide bonds. The van der Waals surface area contributed by atoms with Crippen LogP contribution in [0, 0.1) is 0 Å². The SMILES string of the molecule is CCCNC1(C)OC1N(C)C. The van der Waals surface area contributed by atoms with Gasteiger partial charge in [-0.05, 0) is 34.0 Å². The average Bonchev–Trinajstić information content (AvgIpc) is 2.60. The highest BCUT2D eigenvalue weighted by Gasteiger charge is 2.53. The summed E-state index contributed by atoms with van der Waals surface area (Å²) < 4.78 is 5.48. The number of ether oxygens (including phenoxy) is 1. The first-order chi connectivity index (χ1) is 5.10. The van der Waals surface area contributed by atoms with Gasteiger partial charge in [0, 0.05) is 0 Å². The molecule has 1 rings (SSSR count). The van der Waals surface area contributed by atoms with E-state index in [4.69, 9.17) is 4.74 Å². The summed E-state index contributed by atoms with van der Waals surface area (Å²) in [6.45, 7) is 5.28. The molecule has 0 aromatic heterocycles. The van der Waals surface area contributed by atoms with Gasteiger partial charge in [-0.1, -0.05) is 6.92 Å². The molecule has 0 aromatic carbocycles. The third kappa shape index (κ3) is 1.92. The van der Waals surface area contributed by atoms with Crippen molar-refractivity contribution in [3.05, 3.63) is 0 Å². The van der Waals surface area contributed by atoms with Crippen molar-refractivity contribution in [2.75, 3.05) is 20.6 Å². The predicted molar refractivity (Wildman–Crippen MR) is 45.3 cm³/mol. The minimum absolute atomic E-state index is 0.0838. The number of epoxide rings is 1. The Morgan fingerprint density at radius 3 is 2.55 bits per heavy atom. The number of rotatable bonds is 4. The lowest BCUT2D eigenvalue weighted by atomic mass is 10.3. The standard InChI is InChI=1S/C8H18N2O/c1-5-6-9-8(2)7(11-8)10(3)4/h7,9H,5-6H2,1-4H3. The van der Waals surface area contributed by atoms with Crippen molar-refractivity contribution in [3.63, 3.8) is 0 Å². The van der Waals surface area contributed by atoms with E-state index in [0.29, 0.717) is 0 Å². The monoisotopic (exact) mass is 158 g/mol. The third-order valence-electron chi connectivity index (χ3n) is 1.97. The van der Waals surface area contributed by atoms with Crippen LogP contribution < -0.4 is 5.32 Å². The summed E-state index contributed by atoms with van der Waals surface area (Å²) in [6.07, 6.45) is 1.41. The zero-order valence-corrected chi connectivity index (χ0v) is 7.85. The number of nitrogens with zero attached hydrogens (tertiary/aromatic N) is 1. The van der Waals surface area contributed by atoms with Gasteiger partial charge in [0.25, 0.3) is 0 Å². The van der Waals surface area contributed by atoms with Crippen molar-refractivity contribution in [1.82, 2.24) is 10.2 Å². The molecule has 0 saturated carbocycles. The Bertz CT molecular complexity index is 138. The maximum Gasteiger partial charge on any atom is 0.158 e. The fraction of sp³-hybridized carbons (Fsp3) is 1.00. The highest BCUT2D eigenvalue weighted by molar-refractivity contribution is 4.94. The van der Waals surface area contributed by atoms with Gasteiger partial charge in [0.1, 0.15) is 0 Å². The lowest BCUT2D eigenvalue weighted by molar-refractivity contribution is 0.226. The molecule has 11 heavy (non-hydrogen) atoms. The van der Waals surface area contributed by atoms with E-state index in [1.807, 2.05) is 14.1 Å². The Hall–Kier alpha value is -0.120. The van der Waals surface area contributed by atoms with Gasteiger partial charge in [-0.15, -0.1) is 0 Å². The van der Waals surface area contributed by atoms with Gasteiger partial charge in [0.2, 0.25) is 0 Å². The van der Waals surface area contributed by atoms with E-state index >= 15 is 0 Å². The van der Waals surface area contributed by atoms with Crippen molar-refractivity contribution in [2.24, 2.45) is 0 Å². The van der Waals surface area contributed by atoms with Gasteiger partial charge in [-0.3, -0.25) is 10.2 Å². The van der Waals surface area contributed by atoms with Crippen molar-refractivity contribution in [3.8, 4) is 0 Å². The maximum absolute atomic E-state index is 5.48. The van der Waals surface area contributed by atoms with Crippen molar-refractivity contribution in [1.29, 1.82) is 0 Å². The van der Waals surface area contributed by atoms with Crippen LogP contribution in [0.3, 0.4) is 0 Å². The average molecular weight is 158 g/mol. The van der Waals surface area contributed by atoms with Gasteiger partial charge in [-0.2, -0.15) is 0 Å². The highest BCUT2D eigenvalue weighted by atomic mass is 16.6. The highest BCUT2D eigenvalue weighted by Crippen LogP contribution is 2.34. The van der Waals surface area contributed by atoms with E-state index in [1.165, 1.54) is 0 Å². The van der Waals surface area contributed by atoms with Crippen LogP contribution >= 0.6 is 0 Å². The van der Waals surface area contributed by atoms with Gasteiger partial charge in [0.15, 0.2) is 12.0 Å². The molecule has 2 unspecified atom stereocenters. The summed E-state index contributed by atoms with van der Waals surface area (Å²) in [6, 6.07) is 0. The minimum atomic E-state index is -0.0838. The molecular weight excluding hydrogens is 140 g/mol. The second kappa shape index (κ2) is 3.09. The van der Waals surface area contributed by atoms with Crippen LogP contribution in [-0.2, 0) is 4.74 Å². The van der Waals surface area contributed by atoms with Crippen LogP contribution in [0.15, 0.2) is 0 Å². The third-order valence-corrected chi connectivity index (χ3v) is 1.97. The zero-order valence-electron chi connectivity index (χ0n) is 7.85. The second-order valence-corrected chi connectivity index (χ2v) is 3.47. The van der Waals surface area contributed by atoms with Crippen LogP contribution in [0.1, 0.15) is 20.3 Å². The first-order valence-corrected chi connectivity index (χ1v) is 4.19. The van der Waals surface area contributed by atoms with Crippen LogP contribution in [0.2, 0.25) is 0 Å². The summed E-state index contributed by atoms with van der Waals surface area (Å²) >= 11 is 0. The van der Waals surface area contributed by atoms with E-state index in [9.17, 15) is 0 Å². The van der Waals surface area contributed by atoms with Gasteiger partial charge < -0.3 is 4.74 Å². The molecule has 1 N–H and O–H groups in total. The fourth-order valence-corrected chi connectivity index (χ4v) is 1.30. The first kappa shape index (κ1) is 8.97. The van der Waals surface area contributed by atoms with E-state index in [1.54, 1.807) is 0 Å². The Balaban J connectivity index is 2.25. The zero-order chi connectivity index (χ0) is 8.48. The molecule has 66 valence electrons. The molecule has 0 radical (unpaired) electrons. The van der Waals surface area contributed by atoms with E-state index < -0.39 is 0 Å². The largest absolute Gasteiger partial charge is 0.334 e. The quantitative estimate of drug-likeness (QED) is 0.608. The van der Waals surface area contributed by atoms with Crippen LogP contribution in [0.4, 0.5) is 0 Å². The summed E-state index contributed by atoms with van der Waals surface area (Å²) in [4.78, 5) is 2.09. The molecule has 3 heteroatoms. The Morgan fingerprint density at radius 2 is 2.18 bits per heavy atom. The summed E-state index contributed by atoms with van der Waals surface area (Å²) in [5.74, 6) is 0. The second-order valence-electron chi connectivity index (χ2n) is 3.47. The van der Waals surface area contributed by atoms with Crippen LogP contribution in [0.25, 0.3) is 0 Å². The Morgan fingerprint density at radius 1 is 1.55 bits per heavy atom. The molecule has 1 saturated heterocycles. The fourth-order valence-electron chi connectivity index (χ4n) is 1.30. The number of likely N-dealkylation sites (N-methyl/N-ethyl adjacent to an activating group) is 1.